The van der Waals surface area contributed by atoms with Gasteiger partial charge in [0.1, 0.15) is 17.4 Å². The summed E-state index contributed by atoms with van der Waals surface area (Å²) in [5.41, 5.74) is 6.78. The summed E-state index contributed by atoms with van der Waals surface area (Å²) in [4.78, 5) is 0. The lowest BCUT2D eigenvalue weighted by atomic mass is 10.2. The molecule has 0 saturated heterocycles. The van der Waals surface area contributed by atoms with Crippen LogP contribution in [0.25, 0.3) is 0 Å². The molecular weight excluding hydrogens is 274 g/mol. The van der Waals surface area contributed by atoms with Crippen LogP contribution in [0.15, 0.2) is 30.3 Å². The number of methoxy groups -OCH3 is 1. The number of benzene rings is 2. The van der Waals surface area contributed by atoms with E-state index in [2.05, 4.69) is 5.32 Å². The molecule has 0 aliphatic heterocycles. The van der Waals surface area contributed by atoms with E-state index in [1.807, 2.05) is 0 Å². The molecule has 0 aromatic heterocycles. The van der Waals surface area contributed by atoms with Gasteiger partial charge in [-0.2, -0.15) is 0 Å². The van der Waals surface area contributed by atoms with Crippen LogP contribution in [0.5, 0.6) is 5.75 Å². The van der Waals surface area contributed by atoms with Crippen molar-refractivity contribution in [1.29, 1.82) is 0 Å². The van der Waals surface area contributed by atoms with Crippen molar-refractivity contribution < 1.29 is 13.5 Å². The third-order valence-electron chi connectivity index (χ3n) is 2.53. The van der Waals surface area contributed by atoms with Gasteiger partial charge in [0.15, 0.2) is 0 Å². The molecule has 0 amide bonds. The minimum absolute atomic E-state index is 0.0576. The third-order valence-corrected chi connectivity index (χ3v) is 2.82. The van der Waals surface area contributed by atoms with Gasteiger partial charge in [0.25, 0.3) is 0 Å². The predicted molar refractivity (Wildman–Crippen MR) is 72.1 cm³/mol. The molecule has 0 radical (unpaired) electrons. The Morgan fingerprint density at radius 3 is 2.58 bits per heavy atom. The van der Waals surface area contributed by atoms with Gasteiger partial charge >= 0.3 is 0 Å². The maximum Gasteiger partial charge on any atom is 0.145 e. The topological polar surface area (TPSA) is 47.3 Å². The number of rotatable bonds is 3. The number of halogens is 3. The second kappa shape index (κ2) is 5.32. The Kier molecular flexibility index (Phi) is 3.76. The molecule has 0 aliphatic rings. The van der Waals surface area contributed by atoms with Gasteiger partial charge in [-0.25, -0.2) is 8.78 Å². The van der Waals surface area contributed by atoms with Crippen molar-refractivity contribution in [1.82, 2.24) is 0 Å². The van der Waals surface area contributed by atoms with Crippen LogP contribution in [0.4, 0.5) is 25.8 Å². The maximum atomic E-state index is 13.2. The van der Waals surface area contributed by atoms with Gasteiger partial charge in [0.2, 0.25) is 0 Å². The van der Waals surface area contributed by atoms with Gasteiger partial charge in [-0.3, -0.25) is 0 Å². The second-order valence-corrected chi connectivity index (χ2v) is 4.23. The standard InChI is InChI=1S/C13H11ClF2N2O/c1-19-13-4-7(15)2-3-11(13)18-12-5-8(14)9(16)6-10(12)17/h2-6,18H,17H2,1H3. The first-order chi connectivity index (χ1) is 9.01. The Hall–Kier alpha value is -2.01. The van der Waals surface area contributed by atoms with E-state index in [9.17, 15) is 8.78 Å². The van der Waals surface area contributed by atoms with E-state index >= 15 is 0 Å². The van der Waals surface area contributed by atoms with E-state index in [1.54, 1.807) is 0 Å². The van der Waals surface area contributed by atoms with Gasteiger partial charge in [-0.1, -0.05) is 11.6 Å². The second-order valence-electron chi connectivity index (χ2n) is 3.82. The largest absolute Gasteiger partial charge is 0.494 e. The van der Waals surface area contributed by atoms with Gasteiger partial charge < -0.3 is 15.8 Å². The van der Waals surface area contributed by atoms with E-state index in [0.29, 0.717) is 17.1 Å². The molecular formula is C13H11ClF2N2O. The van der Waals surface area contributed by atoms with Crippen LogP contribution in [0.2, 0.25) is 5.02 Å². The van der Waals surface area contributed by atoms with Crippen molar-refractivity contribution in [2.75, 3.05) is 18.2 Å². The predicted octanol–water partition coefficient (Wildman–Crippen LogP) is 3.95. The van der Waals surface area contributed by atoms with Crippen LogP contribution in [-0.4, -0.2) is 7.11 Å². The molecule has 2 aromatic rings. The lowest BCUT2D eigenvalue weighted by molar-refractivity contribution is 0.413. The molecule has 0 spiro atoms. The Morgan fingerprint density at radius 2 is 1.89 bits per heavy atom. The monoisotopic (exact) mass is 284 g/mol. The summed E-state index contributed by atoms with van der Waals surface area (Å²) >= 11 is 5.69. The van der Waals surface area contributed by atoms with E-state index in [-0.39, 0.29) is 10.7 Å². The fraction of sp³-hybridized carbons (Fsp3) is 0.0769. The molecule has 3 nitrogen and oxygen atoms in total. The summed E-state index contributed by atoms with van der Waals surface area (Å²) in [7, 11) is 1.42. The number of nitrogen functional groups attached to an aromatic ring is 1. The minimum Gasteiger partial charge on any atom is -0.494 e. The van der Waals surface area contributed by atoms with Crippen molar-refractivity contribution in [2.45, 2.75) is 0 Å². The van der Waals surface area contributed by atoms with Gasteiger partial charge in [0.05, 0.1) is 29.2 Å². The summed E-state index contributed by atoms with van der Waals surface area (Å²) in [6.07, 6.45) is 0. The summed E-state index contributed by atoms with van der Waals surface area (Å²) < 4.78 is 31.3. The molecule has 0 bridgehead atoms. The maximum absolute atomic E-state index is 13.2. The van der Waals surface area contributed by atoms with Crippen LogP contribution in [0.1, 0.15) is 0 Å². The average Bonchev–Trinajstić information content (AvgIpc) is 2.37. The number of hydrogen-bond acceptors (Lipinski definition) is 3. The average molecular weight is 285 g/mol. The summed E-state index contributed by atoms with van der Waals surface area (Å²) in [5.74, 6) is -0.719. The molecule has 2 aromatic carbocycles. The van der Waals surface area contributed by atoms with Crippen molar-refractivity contribution in [2.24, 2.45) is 0 Å². The number of anilines is 3. The van der Waals surface area contributed by atoms with Crippen LogP contribution in [0, 0.1) is 11.6 Å². The van der Waals surface area contributed by atoms with Crippen LogP contribution >= 0.6 is 11.6 Å². The highest BCUT2D eigenvalue weighted by Gasteiger charge is 2.09. The lowest BCUT2D eigenvalue weighted by Crippen LogP contribution is -1.99. The van der Waals surface area contributed by atoms with Crippen molar-refractivity contribution in [3.63, 3.8) is 0 Å². The highest BCUT2D eigenvalue weighted by molar-refractivity contribution is 6.31. The first-order valence-corrected chi connectivity index (χ1v) is 5.74. The zero-order valence-corrected chi connectivity index (χ0v) is 10.8. The highest BCUT2D eigenvalue weighted by Crippen LogP contribution is 2.33. The van der Waals surface area contributed by atoms with Crippen LogP contribution < -0.4 is 15.8 Å². The zero-order valence-electron chi connectivity index (χ0n) is 10.0. The normalized spacial score (nSPS) is 10.3. The van der Waals surface area contributed by atoms with Gasteiger partial charge in [0, 0.05) is 12.1 Å². The van der Waals surface area contributed by atoms with E-state index in [4.69, 9.17) is 22.1 Å². The first-order valence-electron chi connectivity index (χ1n) is 5.36. The van der Waals surface area contributed by atoms with Crippen LogP contribution in [0.3, 0.4) is 0 Å². The Balaban J connectivity index is 2.39. The molecule has 0 saturated carbocycles. The summed E-state index contributed by atoms with van der Waals surface area (Å²) in [5, 5.41) is 2.86. The molecule has 0 heterocycles. The molecule has 3 N–H and O–H groups in total. The van der Waals surface area contributed by atoms with Gasteiger partial charge in [-0.05, 0) is 18.2 Å². The Bertz CT molecular complexity index is 620. The Labute approximate surface area is 113 Å². The lowest BCUT2D eigenvalue weighted by Gasteiger charge is -2.13. The number of ether oxygens (including phenoxy) is 1. The van der Waals surface area contributed by atoms with E-state index in [0.717, 1.165) is 6.07 Å². The molecule has 0 aliphatic carbocycles. The zero-order chi connectivity index (χ0) is 14.0. The van der Waals surface area contributed by atoms with E-state index in [1.165, 1.54) is 31.4 Å². The smallest absolute Gasteiger partial charge is 0.145 e. The Morgan fingerprint density at radius 1 is 1.16 bits per heavy atom. The van der Waals surface area contributed by atoms with Crippen molar-refractivity contribution >= 4 is 28.7 Å². The molecule has 0 atom stereocenters. The van der Waals surface area contributed by atoms with Crippen molar-refractivity contribution in [3.05, 3.63) is 47.0 Å². The van der Waals surface area contributed by atoms with Crippen LogP contribution in [-0.2, 0) is 0 Å². The van der Waals surface area contributed by atoms with E-state index < -0.39 is 11.6 Å². The minimum atomic E-state index is -0.601. The number of nitrogens with two attached hydrogens (primary N) is 1. The number of hydrogen-bond donors (Lipinski definition) is 2. The summed E-state index contributed by atoms with van der Waals surface area (Å²) in [6, 6.07) is 6.45. The molecule has 6 heteroatoms. The highest BCUT2D eigenvalue weighted by atomic mass is 35.5. The number of nitrogens with one attached hydrogen (secondary N) is 1. The fourth-order valence-corrected chi connectivity index (χ4v) is 1.75. The molecule has 100 valence electrons. The third kappa shape index (κ3) is 2.88. The molecule has 2 rings (SSSR count). The molecule has 0 fully saturated rings. The SMILES string of the molecule is COc1cc(F)ccc1Nc1cc(Cl)c(F)cc1N. The molecule has 0 unspecified atom stereocenters. The first kappa shape index (κ1) is 13.4. The van der Waals surface area contributed by atoms with Gasteiger partial charge in [-0.15, -0.1) is 0 Å². The van der Waals surface area contributed by atoms with Crippen molar-refractivity contribution in [3.8, 4) is 5.75 Å². The fourth-order valence-electron chi connectivity index (χ4n) is 1.58. The quantitative estimate of drug-likeness (QED) is 0.839. The molecule has 19 heavy (non-hydrogen) atoms. The summed E-state index contributed by atoms with van der Waals surface area (Å²) in [6.45, 7) is 0.